The highest BCUT2D eigenvalue weighted by Gasteiger charge is 2.54. The Balaban J connectivity index is 1.46. The molecule has 16 heteroatoms. The maximum Gasteiger partial charge on any atom is 0.355 e. The van der Waals surface area contributed by atoms with E-state index in [9.17, 15) is 18.8 Å². The smallest absolute Gasteiger partial charge is 0.355 e. The molecule has 2 atom stereocenters. The van der Waals surface area contributed by atoms with Crippen LogP contribution in [0.1, 0.15) is 11.4 Å². The molecule has 196 valence electrons. The lowest BCUT2D eigenvalue weighted by atomic mass is 10.0. The summed E-state index contributed by atoms with van der Waals surface area (Å²) in [6.45, 7) is -1.27. The number of methoxy groups -OCH3 is 1. The van der Waals surface area contributed by atoms with Crippen LogP contribution in [0, 0.1) is 0 Å². The summed E-state index contributed by atoms with van der Waals surface area (Å²) in [5.41, 5.74) is 6.81. The fourth-order valence-electron chi connectivity index (χ4n) is 3.53. The average Bonchev–Trinajstić information content (AvgIpc) is 3.35. The Hall–Kier alpha value is -2.99. The molecule has 0 spiro atoms. The topological polar surface area (TPSA) is 158 Å². The minimum atomic E-state index is -1.28. The van der Waals surface area contributed by atoms with Crippen molar-refractivity contribution >= 4 is 74.5 Å². The molecule has 1 aromatic heterocycles. The number of carbonyl (C=O) groups excluding carboxylic acids is 3. The number of benzene rings is 1. The number of nitrogen functional groups attached to an aromatic ring is 1. The number of amides is 2. The third-order valence-corrected chi connectivity index (χ3v) is 8.09. The van der Waals surface area contributed by atoms with Gasteiger partial charge < -0.3 is 25.4 Å². The van der Waals surface area contributed by atoms with Crippen LogP contribution in [0.2, 0.25) is 0 Å². The number of oxime groups is 1. The number of rotatable bonds is 10. The standard InChI is InChI=1S/C21H20FIN6O6S2/c1-33-12-4-2-10(3-5-12)7-34-20(32)15-11(6-23)8-36-19-14(18(31)29(15)19)25-17(30)13(27-35-9-22)16-26-21(24)37-28-16/h2-5,14,19H,6-9H2,1H3,(H,25,30)(H2,24,26,28)/b27-13-. The van der Waals surface area contributed by atoms with Crippen LogP contribution in [0.4, 0.5) is 9.52 Å². The van der Waals surface area contributed by atoms with Gasteiger partial charge in [0.25, 0.3) is 18.7 Å². The molecule has 2 aliphatic heterocycles. The predicted molar refractivity (Wildman–Crippen MR) is 142 cm³/mol. The molecule has 2 aromatic rings. The fraction of sp³-hybridized carbons (Fsp3) is 0.333. The molecule has 0 saturated carbocycles. The number of fused-ring (bicyclic) bond motifs is 1. The van der Waals surface area contributed by atoms with Crippen molar-refractivity contribution in [2.75, 3.05) is 29.9 Å². The second-order valence-electron chi connectivity index (χ2n) is 7.51. The normalized spacial score (nSPS) is 19.2. The number of anilines is 1. The van der Waals surface area contributed by atoms with Crippen LogP contribution >= 0.6 is 45.9 Å². The van der Waals surface area contributed by atoms with Crippen molar-refractivity contribution in [3.05, 3.63) is 46.9 Å². The molecule has 1 fully saturated rings. The van der Waals surface area contributed by atoms with Gasteiger partial charge in [-0.25, -0.2) is 9.18 Å². The summed E-state index contributed by atoms with van der Waals surface area (Å²) >= 11 is 4.33. The molecule has 2 amide bonds. The number of thioether (sulfide) groups is 1. The van der Waals surface area contributed by atoms with Gasteiger partial charge in [0.05, 0.1) is 7.11 Å². The summed E-state index contributed by atoms with van der Waals surface area (Å²) in [4.78, 5) is 48.6. The first-order valence-electron chi connectivity index (χ1n) is 10.6. The van der Waals surface area contributed by atoms with Gasteiger partial charge in [-0.3, -0.25) is 14.5 Å². The molecule has 2 aliphatic rings. The molecule has 12 nitrogen and oxygen atoms in total. The Bertz CT molecular complexity index is 1260. The average molecular weight is 662 g/mol. The zero-order valence-corrected chi connectivity index (χ0v) is 23.0. The van der Waals surface area contributed by atoms with E-state index in [1.54, 1.807) is 31.4 Å². The maximum atomic E-state index is 13.1. The van der Waals surface area contributed by atoms with Crippen molar-refractivity contribution in [3.8, 4) is 5.75 Å². The fourth-order valence-corrected chi connectivity index (χ4v) is 6.30. The number of aromatic nitrogens is 2. The predicted octanol–water partition coefficient (Wildman–Crippen LogP) is 1.61. The van der Waals surface area contributed by atoms with Gasteiger partial charge in [0, 0.05) is 21.7 Å². The Labute approximate surface area is 232 Å². The lowest BCUT2D eigenvalue weighted by Gasteiger charge is -2.49. The zero-order chi connectivity index (χ0) is 26.5. The Morgan fingerprint density at radius 2 is 2.11 bits per heavy atom. The van der Waals surface area contributed by atoms with Crippen LogP contribution in [0.3, 0.4) is 0 Å². The van der Waals surface area contributed by atoms with Gasteiger partial charge in [-0.2, -0.15) is 9.36 Å². The second-order valence-corrected chi connectivity index (χ2v) is 10.2. The monoisotopic (exact) mass is 662 g/mol. The molecule has 37 heavy (non-hydrogen) atoms. The number of halogens is 2. The van der Waals surface area contributed by atoms with Crippen molar-refractivity contribution in [1.29, 1.82) is 0 Å². The molecule has 0 aliphatic carbocycles. The van der Waals surface area contributed by atoms with Crippen molar-refractivity contribution in [1.82, 2.24) is 19.6 Å². The number of nitrogens with one attached hydrogen (secondary N) is 1. The molecule has 0 radical (unpaired) electrons. The summed E-state index contributed by atoms with van der Waals surface area (Å²) in [6, 6.07) is 6.09. The lowest BCUT2D eigenvalue weighted by molar-refractivity contribution is -0.153. The number of β-lactam (4-membered cyclic amide) rings is 1. The molecule has 0 bridgehead atoms. The van der Waals surface area contributed by atoms with E-state index in [0.717, 1.165) is 22.7 Å². The highest BCUT2D eigenvalue weighted by atomic mass is 127. The third kappa shape index (κ3) is 5.80. The molecular formula is C21H20FIN6O6S2. The number of hydrogen-bond donors (Lipinski definition) is 2. The van der Waals surface area contributed by atoms with Gasteiger partial charge >= 0.3 is 5.97 Å². The Kier molecular flexibility index (Phi) is 8.80. The maximum absolute atomic E-state index is 13.1. The van der Waals surface area contributed by atoms with Gasteiger partial charge in [0.1, 0.15) is 29.5 Å². The van der Waals surface area contributed by atoms with Gasteiger partial charge in [-0.05, 0) is 23.3 Å². The van der Waals surface area contributed by atoms with Crippen LogP contribution in [0.25, 0.3) is 0 Å². The summed E-state index contributed by atoms with van der Waals surface area (Å²) in [6.07, 6.45) is 0. The molecular weight excluding hydrogens is 642 g/mol. The van der Waals surface area contributed by atoms with E-state index < -0.39 is 41.8 Å². The molecule has 4 rings (SSSR count). The summed E-state index contributed by atoms with van der Waals surface area (Å²) in [7, 11) is 1.56. The van der Waals surface area contributed by atoms with Crippen molar-refractivity contribution in [3.63, 3.8) is 0 Å². The second kappa shape index (κ2) is 12.0. The minimum absolute atomic E-state index is 0.0129. The number of nitrogens with two attached hydrogens (primary N) is 1. The largest absolute Gasteiger partial charge is 0.497 e. The molecule has 3 heterocycles. The number of ether oxygens (including phenoxy) is 2. The Morgan fingerprint density at radius 1 is 1.35 bits per heavy atom. The van der Waals surface area contributed by atoms with Crippen LogP contribution in [0.15, 0.2) is 40.7 Å². The van der Waals surface area contributed by atoms with Gasteiger partial charge in [-0.15, -0.1) is 11.8 Å². The van der Waals surface area contributed by atoms with Crippen LogP contribution in [-0.4, -0.2) is 73.3 Å². The molecule has 1 saturated heterocycles. The quantitative estimate of drug-likeness (QED) is 0.0957. The van der Waals surface area contributed by atoms with E-state index in [2.05, 4.69) is 47.3 Å². The highest BCUT2D eigenvalue weighted by Crippen LogP contribution is 2.41. The van der Waals surface area contributed by atoms with E-state index in [1.165, 1.54) is 16.7 Å². The number of hydrogen-bond acceptors (Lipinski definition) is 12. The first kappa shape index (κ1) is 27.1. The van der Waals surface area contributed by atoms with E-state index in [-0.39, 0.29) is 23.3 Å². The summed E-state index contributed by atoms with van der Waals surface area (Å²) in [5.74, 6) is -1.00. The van der Waals surface area contributed by atoms with E-state index in [1.807, 2.05) is 0 Å². The third-order valence-electron chi connectivity index (χ3n) is 5.29. The lowest BCUT2D eigenvalue weighted by Crippen LogP contribution is -2.71. The highest BCUT2D eigenvalue weighted by molar-refractivity contribution is 14.1. The van der Waals surface area contributed by atoms with E-state index in [0.29, 0.717) is 15.9 Å². The van der Waals surface area contributed by atoms with Gasteiger partial charge in [0.15, 0.2) is 5.13 Å². The van der Waals surface area contributed by atoms with E-state index in [4.69, 9.17) is 15.2 Å². The van der Waals surface area contributed by atoms with Crippen LogP contribution < -0.4 is 15.8 Å². The van der Waals surface area contributed by atoms with Crippen molar-refractivity contribution in [2.24, 2.45) is 5.16 Å². The first-order valence-corrected chi connectivity index (χ1v) is 13.9. The SMILES string of the molecule is COc1ccc(COC(=O)C2=C(CI)CSC3C(NC(=O)/C(=N\OCF)c4nsc(N)n4)C(=O)N23)cc1. The minimum Gasteiger partial charge on any atom is -0.497 e. The van der Waals surface area contributed by atoms with E-state index >= 15 is 0 Å². The number of nitrogens with zero attached hydrogens (tertiary/aromatic N) is 4. The van der Waals surface area contributed by atoms with Crippen LogP contribution in [-0.2, 0) is 30.6 Å². The summed E-state index contributed by atoms with van der Waals surface area (Å²) in [5, 5.41) is 5.50. The number of alkyl halides is 2. The van der Waals surface area contributed by atoms with Crippen LogP contribution in [0.5, 0.6) is 5.75 Å². The molecule has 1 aromatic carbocycles. The first-order chi connectivity index (χ1) is 17.9. The van der Waals surface area contributed by atoms with Crippen molar-refractivity contribution in [2.45, 2.75) is 18.0 Å². The Morgan fingerprint density at radius 3 is 2.73 bits per heavy atom. The van der Waals surface area contributed by atoms with Crippen molar-refractivity contribution < 1.29 is 33.1 Å². The van der Waals surface area contributed by atoms with Gasteiger partial charge in [-0.1, -0.05) is 39.9 Å². The molecule has 3 N–H and O–H groups in total. The molecule has 2 unspecified atom stereocenters. The van der Waals surface area contributed by atoms with Gasteiger partial charge in [0.2, 0.25) is 11.5 Å². The number of esters is 1. The number of carbonyl (C=O) groups is 3. The summed E-state index contributed by atoms with van der Waals surface area (Å²) < 4.78 is 27.5. The zero-order valence-electron chi connectivity index (χ0n) is 19.2.